The highest BCUT2D eigenvalue weighted by atomic mass is 16.5. The molecule has 45 heavy (non-hydrogen) atoms. The van der Waals surface area contributed by atoms with E-state index in [0.717, 1.165) is 70.3 Å². The van der Waals surface area contributed by atoms with Crippen molar-refractivity contribution >= 4 is 10.8 Å². The largest absolute Gasteiger partial charge is 0.494 e. The molecule has 0 aromatic heterocycles. The lowest BCUT2D eigenvalue weighted by atomic mass is 9.87. The fraction of sp³-hybridized carbons (Fsp3) is 0.421. The molecule has 0 unspecified atom stereocenters. The van der Waals surface area contributed by atoms with Gasteiger partial charge >= 0.3 is 0 Å². The summed E-state index contributed by atoms with van der Waals surface area (Å²) in [6.07, 6.45) is 2.03. The Morgan fingerprint density at radius 1 is 0.733 bits per heavy atom. The van der Waals surface area contributed by atoms with Crippen molar-refractivity contribution in [3.05, 3.63) is 108 Å². The average molecular weight is 611 g/mol. The molecule has 2 fully saturated rings. The van der Waals surface area contributed by atoms with Gasteiger partial charge in [-0.05, 0) is 70.8 Å². The van der Waals surface area contributed by atoms with Gasteiger partial charge in [-0.3, -0.25) is 4.90 Å². The van der Waals surface area contributed by atoms with Crippen LogP contribution < -0.4 is 14.8 Å². The van der Waals surface area contributed by atoms with Crippen molar-refractivity contribution in [2.75, 3.05) is 65.8 Å². The van der Waals surface area contributed by atoms with Crippen LogP contribution in [0.4, 0.5) is 0 Å². The lowest BCUT2D eigenvalue weighted by Gasteiger charge is -2.32. The van der Waals surface area contributed by atoms with E-state index in [1.54, 1.807) is 0 Å². The molecule has 0 spiro atoms. The highest BCUT2D eigenvalue weighted by Gasteiger charge is 2.27. The molecule has 2 aliphatic heterocycles. The van der Waals surface area contributed by atoms with Gasteiger partial charge in [0.15, 0.2) is 0 Å². The molecule has 4 aromatic rings. The SMILES string of the molecule is c1ccc(COCCCOc2ccc([C@@H]3CCNC[C@H]3OCc3ccc4cc(OCCN5CCOCC5)ccc4c3)cc2)cc1. The summed E-state index contributed by atoms with van der Waals surface area (Å²) in [6.45, 7) is 9.62. The van der Waals surface area contributed by atoms with Crippen molar-refractivity contribution in [2.24, 2.45) is 0 Å². The van der Waals surface area contributed by atoms with E-state index in [1.807, 2.05) is 18.2 Å². The van der Waals surface area contributed by atoms with Crippen LogP contribution in [-0.2, 0) is 27.4 Å². The number of fused-ring (bicyclic) bond motifs is 1. The van der Waals surface area contributed by atoms with Crippen LogP contribution in [0, 0.1) is 0 Å². The van der Waals surface area contributed by atoms with Gasteiger partial charge in [-0.1, -0.05) is 60.7 Å². The van der Waals surface area contributed by atoms with Gasteiger partial charge in [-0.2, -0.15) is 0 Å². The minimum atomic E-state index is 0.116. The molecule has 2 aliphatic rings. The van der Waals surface area contributed by atoms with Gasteiger partial charge in [0.2, 0.25) is 0 Å². The molecule has 238 valence electrons. The van der Waals surface area contributed by atoms with Crippen LogP contribution in [0.3, 0.4) is 0 Å². The molecule has 0 bridgehead atoms. The number of benzene rings is 4. The summed E-state index contributed by atoms with van der Waals surface area (Å²) >= 11 is 0. The third kappa shape index (κ3) is 9.52. The predicted octanol–water partition coefficient (Wildman–Crippen LogP) is 6.20. The quantitative estimate of drug-likeness (QED) is 0.161. The number of piperidine rings is 1. The second-order valence-electron chi connectivity index (χ2n) is 11.9. The molecule has 4 aromatic carbocycles. The van der Waals surface area contributed by atoms with Gasteiger partial charge in [-0.15, -0.1) is 0 Å². The number of ether oxygens (including phenoxy) is 5. The Balaban J connectivity index is 0.948. The topological polar surface area (TPSA) is 61.4 Å². The summed E-state index contributed by atoms with van der Waals surface area (Å²) in [7, 11) is 0. The molecule has 1 N–H and O–H groups in total. The van der Waals surface area contributed by atoms with E-state index in [0.29, 0.717) is 39.0 Å². The van der Waals surface area contributed by atoms with E-state index in [1.165, 1.54) is 27.5 Å². The number of nitrogens with zero attached hydrogens (tertiary/aromatic N) is 1. The summed E-state index contributed by atoms with van der Waals surface area (Å²) < 4.78 is 29.8. The number of hydrogen-bond acceptors (Lipinski definition) is 7. The zero-order valence-electron chi connectivity index (χ0n) is 26.2. The molecule has 0 aliphatic carbocycles. The lowest BCUT2D eigenvalue weighted by molar-refractivity contribution is 0.0106. The van der Waals surface area contributed by atoms with Gasteiger partial charge in [0.1, 0.15) is 18.1 Å². The second kappa shape index (κ2) is 16.7. The normalized spacial score (nSPS) is 19.0. The van der Waals surface area contributed by atoms with Crippen molar-refractivity contribution in [3.63, 3.8) is 0 Å². The first-order chi connectivity index (χ1) is 22.3. The molecule has 7 nitrogen and oxygen atoms in total. The Kier molecular flexibility index (Phi) is 11.7. The zero-order chi connectivity index (χ0) is 30.5. The van der Waals surface area contributed by atoms with Gasteiger partial charge in [0, 0.05) is 38.5 Å². The third-order valence-corrected chi connectivity index (χ3v) is 8.67. The number of rotatable bonds is 15. The first kappa shape index (κ1) is 31.5. The molecule has 6 rings (SSSR count). The van der Waals surface area contributed by atoms with E-state index < -0.39 is 0 Å². The van der Waals surface area contributed by atoms with Crippen LogP contribution in [-0.4, -0.2) is 76.8 Å². The van der Waals surface area contributed by atoms with Crippen LogP contribution in [0.25, 0.3) is 10.8 Å². The van der Waals surface area contributed by atoms with E-state index in [9.17, 15) is 0 Å². The average Bonchev–Trinajstić information content (AvgIpc) is 3.10. The van der Waals surface area contributed by atoms with Crippen molar-refractivity contribution in [3.8, 4) is 11.5 Å². The van der Waals surface area contributed by atoms with Crippen LogP contribution in [0.5, 0.6) is 11.5 Å². The maximum absolute atomic E-state index is 6.54. The van der Waals surface area contributed by atoms with Crippen LogP contribution in [0.2, 0.25) is 0 Å². The molecular weight excluding hydrogens is 564 g/mol. The minimum absolute atomic E-state index is 0.116. The smallest absolute Gasteiger partial charge is 0.120 e. The van der Waals surface area contributed by atoms with Gasteiger partial charge in [0.25, 0.3) is 0 Å². The van der Waals surface area contributed by atoms with E-state index in [-0.39, 0.29) is 6.10 Å². The van der Waals surface area contributed by atoms with Gasteiger partial charge in [0.05, 0.1) is 45.7 Å². The number of morpholine rings is 1. The summed E-state index contributed by atoms with van der Waals surface area (Å²) in [5.74, 6) is 2.17. The molecule has 0 radical (unpaired) electrons. The van der Waals surface area contributed by atoms with Crippen LogP contribution in [0.15, 0.2) is 91.0 Å². The van der Waals surface area contributed by atoms with Crippen LogP contribution >= 0.6 is 0 Å². The molecule has 2 saturated heterocycles. The Bertz CT molecular complexity index is 1440. The Hall–Kier alpha value is -3.46. The van der Waals surface area contributed by atoms with E-state index in [4.69, 9.17) is 23.7 Å². The first-order valence-corrected chi connectivity index (χ1v) is 16.4. The second-order valence-corrected chi connectivity index (χ2v) is 11.9. The highest BCUT2D eigenvalue weighted by Crippen LogP contribution is 2.30. The van der Waals surface area contributed by atoms with Gasteiger partial charge in [-0.25, -0.2) is 0 Å². The zero-order valence-corrected chi connectivity index (χ0v) is 26.2. The Morgan fingerprint density at radius 2 is 1.51 bits per heavy atom. The summed E-state index contributed by atoms with van der Waals surface area (Å²) in [5.41, 5.74) is 3.69. The monoisotopic (exact) mass is 610 g/mol. The van der Waals surface area contributed by atoms with Gasteiger partial charge < -0.3 is 29.0 Å². The molecule has 2 atom stereocenters. The molecule has 0 saturated carbocycles. The van der Waals surface area contributed by atoms with Crippen molar-refractivity contribution < 1.29 is 23.7 Å². The van der Waals surface area contributed by atoms with E-state index in [2.05, 4.69) is 83.0 Å². The fourth-order valence-corrected chi connectivity index (χ4v) is 6.09. The molecule has 0 amide bonds. The minimum Gasteiger partial charge on any atom is -0.494 e. The van der Waals surface area contributed by atoms with Crippen molar-refractivity contribution in [1.29, 1.82) is 0 Å². The number of hydrogen-bond donors (Lipinski definition) is 1. The Morgan fingerprint density at radius 3 is 2.38 bits per heavy atom. The summed E-state index contributed by atoms with van der Waals surface area (Å²) in [4.78, 5) is 2.39. The number of nitrogens with one attached hydrogen (secondary N) is 1. The maximum atomic E-state index is 6.54. The maximum Gasteiger partial charge on any atom is 0.120 e. The van der Waals surface area contributed by atoms with Crippen LogP contribution in [0.1, 0.15) is 35.4 Å². The lowest BCUT2D eigenvalue weighted by Crippen LogP contribution is -2.40. The van der Waals surface area contributed by atoms with E-state index >= 15 is 0 Å². The van der Waals surface area contributed by atoms with Crippen molar-refractivity contribution in [2.45, 2.75) is 38.1 Å². The standard InChI is InChI=1S/C38H46N2O5/c1-2-5-30(6-3-1)28-42-20-4-21-43-35-12-9-32(10-13-35)37-15-16-39-27-38(37)45-29-31-7-8-34-26-36(14-11-33(34)25-31)44-24-19-40-17-22-41-23-18-40/h1-3,5-14,25-26,37-39H,4,15-24,27-29H2/t37-,38+/m0/s1. The Labute approximate surface area is 267 Å². The first-order valence-electron chi connectivity index (χ1n) is 16.4. The highest BCUT2D eigenvalue weighted by molar-refractivity contribution is 5.84. The summed E-state index contributed by atoms with van der Waals surface area (Å²) in [6, 6.07) is 31.8. The molecule has 2 heterocycles. The summed E-state index contributed by atoms with van der Waals surface area (Å²) in [5, 5.41) is 5.91. The molecular formula is C38H46N2O5. The van der Waals surface area contributed by atoms with Crippen molar-refractivity contribution in [1.82, 2.24) is 10.2 Å². The fourth-order valence-electron chi connectivity index (χ4n) is 6.09. The third-order valence-electron chi connectivity index (χ3n) is 8.67. The molecule has 7 heteroatoms. The predicted molar refractivity (Wildman–Crippen MR) is 178 cm³/mol.